The Morgan fingerprint density at radius 3 is 2.48 bits per heavy atom. The largest absolute Gasteiger partial charge is 0.497 e. The van der Waals surface area contributed by atoms with Gasteiger partial charge in [0.25, 0.3) is 5.91 Å². The van der Waals surface area contributed by atoms with Crippen LogP contribution >= 0.6 is 0 Å². The van der Waals surface area contributed by atoms with Crippen LogP contribution in [0.1, 0.15) is 22.3 Å². The molecule has 0 aromatic heterocycles. The fourth-order valence-electron chi connectivity index (χ4n) is 2.16. The summed E-state index contributed by atoms with van der Waals surface area (Å²) in [4.78, 5) is 23.4. The molecule has 2 rings (SSSR count). The number of amides is 2. The fraction of sp³-hybridized carbons (Fsp3) is 0.222. The quantitative estimate of drug-likeness (QED) is 0.861. The van der Waals surface area contributed by atoms with Crippen molar-refractivity contribution < 1.29 is 14.3 Å². The zero-order chi connectivity index (χ0) is 16.7. The lowest BCUT2D eigenvalue weighted by atomic mass is 10.1. The molecule has 5 heteroatoms. The van der Waals surface area contributed by atoms with Gasteiger partial charge in [0.2, 0.25) is 5.91 Å². The third-order valence-electron chi connectivity index (χ3n) is 3.43. The number of methoxy groups -OCH3 is 1. The second-order valence-electron chi connectivity index (χ2n) is 5.06. The van der Waals surface area contributed by atoms with Crippen LogP contribution in [0.2, 0.25) is 0 Å². The number of carbonyl (C=O) groups is 2. The molecule has 0 atom stereocenters. The highest BCUT2D eigenvalue weighted by Gasteiger charge is 2.06. The number of ether oxygens (including phenoxy) is 1. The Morgan fingerprint density at radius 1 is 1.09 bits per heavy atom. The van der Waals surface area contributed by atoms with Crippen molar-refractivity contribution in [1.29, 1.82) is 0 Å². The summed E-state index contributed by atoms with van der Waals surface area (Å²) in [7, 11) is 3.20. The number of anilines is 1. The summed E-state index contributed by atoms with van der Waals surface area (Å²) >= 11 is 0. The Bertz CT molecular complexity index is 681. The molecule has 0 spiro atoms. The molecule has 0 heterocycles. The maximum Gasteiger partial charge on any atom is 0.251 e. The number of rotatable bonds is 6. The van der Waals surface area contributed by atoms with Gasteiger partial charge in [0.1, 0.15) is 5.75 Å². The van der Waals surface area contributed by atoms with Crippen molar-refractivity contribution in [1.82, 2.24) is 5.32 Å². The van der Waals surface area contributed by atoms with Crippen molar-refractivity contribution in [3.8, 4) is 5.75 Å². The molecule has 0 radical (unpaired) electrons. The average molecular weight is 312 g/mol. The Labute approximate surface area is 135 Å². The van der Waals surface area contributed by atoms with Crippen LogP contribution in [0.4, 0.5) is 5.69 Å². The van der Waals surface area contributed by atoms with E-state index in [1.807, 2.05) is 24.3 Å². The van der Waals surface area contributed by atoms with E-state index in [2.05, 4.69) is 10.6 Å². The number of benzene rings is 2. The van der Waals surface area contributed by atoms with E-state index >= 15 is 0 Å². The summed E-state index contributed by atoms with van der Waals surface area (Å²) in [6.45, 7) is 0. The van der Waals surface area contributed by atoms with E-state index in [1.165, 1.54) is 0 Å². The number of aryl methyl sites for hydroxylation is 1. The smallest absolute Gasteiger partial charge is 0.251 e. The topological polar surface area (TPSA) is 67.4 Å². The Hall–Kier alpha value is -2.82. The molecule has 0 unspecified atom stereocenters. The highest BCUT2D eigenvalue weighted by Crippen LogP contribution is 2.15. The molecule has 2 amide bonds. The van der Waals surface area contributed by atoms with Crippen LogP contribution in [0.5, 0.6) is 5.75 Å². The minimum atomic E-state index is -0.152. The lowest BCUT2D eigenvalue weighted by molar-refractivity contribution is -0.116. The number of nitrogens with one attached hydrogen (secondary N) is 2. The highest BCUT2D eigenvalue weighted by atomic mass is 16.5. The molecule has 2 aromatic rings. The first-order valence-corrected chi connectivity index (χ1v) is 7.37. The zero-order valence-electron chi connectivity index (χ0n) is 13.3. The molecular formula is C18H20N2O3. The summed E-state index contributed by atoms with van der Waals surface area (Å²) in [5.41, 5.74) is 2.28. The molecular weight excluding hydrogens is 292 g/mol. The fourth-order valence-corrected chi connectivity index (χ4v) is 2.16. The van der Waals surface area contributed by atoms with Crippen molar-refractivity contribution in [2.75, 3.05) is 19.5 Å². The molecule has 0 bridgehead atoms. The normalized spacial score (nSPS) is 10.0. The summed E-state index contributed by atoms with van der Waals surface area (Å²) in [5, 5.41) is 5.38. The van der Waals surface area contributed by atoms with Gasteiger partial charge in [-0.3, -0.25) is 9.59 Å². The molecule has 0 aliphatic rings. The second-order valence-corrected chi connectivity index (χ2v) is 5.06. The van der Waals surface area contributed by atoms with E-state index in [0.717, 1.165) is 11.3 Å². The standard InChI is InChI=1S/C18H20N2O3/c1-19-18(22)14-7-9-15(10-8-14)20-17(21)11-6-13-4-3-5-16(12-13)23-2/h3-5,7-10,12H,6,11H2,1-2H3,(H,19,22)(H,20,21). The van der Waals surface area contributed by atoms with Gasteiger partial charge in [-0.15, -0.1) is 0 Å². The third kappa shape index (κ3) is 4.85. The minimum Gasteiger partial charge on any atom is -0.497 e. The highest BCUT2D eigenvalue weighted by molar-refractivity contribution is 5.95. The molecule has 2 N–H and O–H groups in total. The SMILES string of the molecule is CNC(=O)c1ccc(NC(=O)CCc2cccc(OC)c2)cc1. The van der Waals surface area contributed by atoms with Gasteiger partial charge in [-0.1, -0.05) is 12.1 Å². The molecule has 0 aliphatic carbocycles. The lowest BCUT2D eigenvalue weighted by Gasteiger charge is -2.07. The summed E-state index contributed by atoms with van der Waals surface area (Å²) < 4.78 is 5.16. The van der Waals surface area contributed by atoms with E-state index in [0.29, 0.717) is 24.1 Å². The van der Waals surface area contributed by atoms with Gasteiger partial charge in [0.05, 0.1) is 7.11 Å². The van der Waals surface area contributed by atoms with Gasteiger partial charge in [-0.25, -0.2) is 0 Å². The van der Waals surface area contributed by atoms with Crippen molar-refractivity contribution >= 4 is 17.5 Å². The van der Waals surface area contributed by atoms with E-state index in [9.17, 15) is 9.59 Å². The Kier molecular flexibility index (Phi) is 5.74. The van der Waals surface area contributed by atoms with Crippen LogP contribution in [0, 0.1) is 0 Å². The number of hydrogen-bond donors (Lipinski definition) is 2. The van der Waals surface area contributed by atoms with Crippen molar-refractivity contribution in [3.05, 3.63) is 59.7 Å². The molecule has 0 fully saturated rings. The van der Waals surface area contributed by atoms with Crippen LogP contribution < -0.4 is 15.4 Å². The van der Waals surface area contributed by atoms with Gasteiger partial charge in [0.15, 0.2) is 0 Å². The van der Waals surface area contributed by atoms with Crippen LogP contribution in [-0.2, 0) is 11.2 Å². The van der Waals surface area contributed by atoms with Gasteiger partial charge in [0, 0.05) is 24.7 Å². The Morgan fingerprint density at radius 2 is 1.83 bits per heavy atom. The van der Waals surface area contributed by atoms with Crippen molar-refractivity contribution in [3.63, 3.8) is 0 Å². The average Bonchev–Trinajstić information content (AvgIpc) is 2.60. The van der Waals surface area contributed by atoms with Crippen molar-refractivity contribution in [2.24, 2.45) is 0 Å². The Balaban J connectivity index is 1.88. The van der Waals surface area contributed by atoms with Gasteiger partial charge in [-0.05, 0) is 48.4 Å². The maximum absolute atomic E-state index is 12.0. The van der Waals surface area contributed by atoms with Crippen molar-refractivity contribution in [2.45, 2.75) is 12.8 Å². The summed E-state index contributed by atoms with van der Waals surface area (Å²) in [6, 6.07) is 14.5. The molecule has 23 heavy (non-hydrogen) atoms. The summed E-state index contributed by atoms with van der Waals surface area (Å²) in [5.74, 6) is 0.564. The van der Waals surface area contributed by atoms with E-state index in [-0.39, 0.29) is 11.8 Å². The first-order valence-electron chi connectivity index (χ1n) is 7.37. The van der Waals surface area contributed by atoms with Gasteiger partial charge in [-0.2, -0.15) is 0 Å². The summed E-state index contributed by atoms with van der Waals surface area (Å²) in [6.07, 6.45) is 1.02. The number of hydrogen-bond acceptors (Lipinski definition) is 3. The van der Waals surface area contributed by atoms with E-state index in [4.69, 9.17) is 4.74 Å². The van der Waals surface area contributed by atoms with Gasteiger partial charge >= 0.3 is 0 Å². The molecule has 5 nitrogen and oxygen atoms in total. The number of carbonyl (C=O) groups excluding carboxylic acids is 2. The van der Waals surface area contributed by atoms with Gasteiger partial charge < -0.3 is 15.4 Å². The van der Waals surface area contributed by atoms with Crippen LogP contribution in [0.15, 0.2) is 48.5 Å². The maximum atomic E-state index is 12.0. The molecule has 120 valence electrons. The van der Waals surface area contributed by atoms with E-state index in [1.54, 1.807) is 38.4 Å². The molecule has 0 saturated carbocycles. The third-order valence-corrected chi connectivity index (χ3v) is 3.43. The lowest BCUT2D eigenvalue weighted by Crippen LogP contribution is -2.18. The van der Waals surface area contributed by atoms with Crippen LogP contribution in [0.25, 0.3) is 0 Å². The first kappa shape index (κ1) is 16.5. The minimum absolute atomic E-state index is 0.0690. The first-order chi connectivity index (χ1) is 11.1. The predicted molar refractivity (Wildman–Crippen MR) is 89.8 cm³/mol. The second kappa shape index (κ2) is 7.98. The van der Waals surface area contributed by atoms with Crippen LogP contribution in [-0.4, -0.2) is 26.0 Å². The molecule has 2 aromatic carbocycles. The van der Waals surface area contributed by atoms with Crippen LogP contribution in [0.3, 0.4) is 0 Å². The molecule has 0 saturated heterocycles. The predicted octanol–water partition coefficient (Wildman–Crippen LogP) is 2.63. The van der Waals surface area contributed by atoms with E-state index < -0.39 is 0 Å². The molecule has 0 aliphatic heterocycles. The monoisotopic (exact) mass is 312 g/mol. The zero-order valence-corrected chi connectivity index (χ0v) is 13.3.